The smallest absolute Gasteiger partial charge is 0.347 e. The van der Waals surface area contributed by atoms with Crippen LogP contribution in [0.15, 0.2) is 51.7 Å². The van der Waals surface area contributed by atoms with Gasteiger partial charge in [-0.15, -0.1) is 0 Å². The van der Waals surface area contributed by atoms with E-state index in [0.29, 0.717) is 11.3 Å². The van der Waals surface area contributed by atoms with E-state index in [1.165, 1.54) is 26.4 Å². The Bertz CT molecular complexity index is 1000. The molecule has 128 valence electrons. The lowest BCUT2D eigenvalue weighted by Crippen LogP contribution is -2.11. The van der Waals surface area contributed by atoms with Crippen LogP contribution in [0, 0.1) is 6.92 Å². The Labute approximate surface area is 143 Å². The quantitative estimate of drug-likeness (QED) is 0.412. The topological polar surface area (TPSA) is 75.0 Å². The van der Waals surface area contributed by atoms with Crippen LogP contribution in [0.3, 0.4) is 0 Å². The largest absolute Gasteiger partial charge is 0.493 e. The first-order valence-corrected chi connectivity index (χ1v) is 7.51. The van der Waals surface area contributed by atoms with Gasteiger partial charge in [0.1, 0.15) is 16.9 Å². The molecule has 25 heavy (non-hydrogen) atoms. The van der Waals surface area contributed by atoms with Gasteiger partial charge in [0.05, 0.1) is 14.2 Å². The van der Waals surface area contributed by atoms with Gasteiger partial charge in [-0.05, 0) is 36.8 Å². The maximum Gasteiger partial charge on any atom is 0.347 e. The molecule has 3 rings (SSSR count). The van der Waals surface area contributed by atoms with Crippen molar-refractivity contribution in [1.82, 2.24) is 0 Å². The summed E-state index contributed by atoms with van der Waals surface area (Å²) in [6.45, 7) is 1.81. The van der Waals surface area contributed by atoms with Crippen LogP contribution in [-0.2, 0) is 0 Å². The first kappa shape index (κ1) is 16.6. The maximum absolute atomic E-state index is 12.5. The van der Waals surface area contributed by atoms with E-state index in [1.807, 2.05) is 6.92 Å². The number of methoxy groups -OCH3 is 2. The Morgan fingerprint density at radius 3 is 2.56 bits per heavy atom. The Morgan fingerprint density at radius 2 is 1.84 bits per heavy atom. The van der Waals surface area contributed by atoms with Crippen LogP contribution < -0.4 is 19.8 Å². The molecule has 6 nitrogen and oxygen atoms in total. The van der Waals surface area contributed by atoms with Gasteiger partial charge in [0.25, 0.3) is 0 Å². The summed E-state index contributed by atoms with van der Waals surface area (Å²) >= 11 is 0. The molecule has 0 saturated carbocycles. The molecule has 0 amide bonds. The summed E-state index contributed by atoms with van der Waals surface area (Å²) in [6, 6.07) is 11.2. The lowest BCUT2D eigenvalue weighted by Gasteiger charge is -2.12. The van der Waals surface area contributed by atoms with E-state index in [4.69, 9.17) is 18.6 Å². The Balaban J connectivity index is 1.96. The first-order valence-electron chi connectivity index (χ1n) is 7.51. The summed E-state index contributed by atoms with van der Waals surface area (Å²) < 4.78 is 21.0. The highest BCUT2D eigenvalue weighted by molar-refractivity contribution is 5.95. The molecule has 2 aromatic carbocycles. The van der Waals surface area contributed by atoms with Crippen LogP contribution in [-0.4, -0.2) is 20.2 Å². The van der Waals surface area contributed by atoms with Crippen molar-refractivity contribution in [3.63, 3.8) is 0 Å². The highest BCUT2D eigenvalue weighted by Crippen LogP contribution is 2.32. The standard InChI is InChI=1S/C19H16O6/c1-11-9-17(20)25-16-10-12(7-8-13(11)16)24-19(21)14-5-4-6-15(22-2)18(14)23-3/h4-10H,1-3H3. The summed E-state index contributed by atoms with van der Waals surface area (Å²) in [6.07, 6.45) is 0. The van der Waals surface area contributed by atoms with Crippen molar-refractivity contribution in [1.29, 1.82) is 0 Å². The molecule has 0 aliphatic heterocycles. The second-order valence-electron chi connectivity index (χ2n) is 5.34. The van der Waals surface area contributed by atoms with Crippen molar-refractivity contribution < 1.29 is 23.4 Å². The molecule has 0 bridgehead atoms. The second kappa shape index (κ2) is 6.68. The van der Waals surface area contributed by atoms with Crippen LogP contribution in [0.4, 0.5) is 0 Å². The van der Waals surface area contributed by atoms with Gasteiger partial charge in [-0.25, -0.2) is 9.59 Å². The molecule has 0 N–H and O–H groups in total. The third kappa shape index (κ3) is 3.19. The summed E-state index contributed by atoms with van der Waals surface area (Å²) in [5, 5.41) is 0.776. The average Bonchev–Trinajstić information content (AvgIpc) is 2.60. The van der Waals surface area contributed by atoms with Crippen molar-refractivity contribution in [3.8, 4) is 17.2 Å². The number of esters is 1. The fourth-order valence-electron chi connectivity index (χ4n) is 2.58. The fourth-order valence-corrected chi connectivity index (χ4v) is 2.58. The lowest BCUT2D eigenvalue weighted by molar-refractivity contribution is 0.0730. The number of hydrogen-bond donors (Lipinski definition) is 0. The van der Waals surface area contributed by atoms with Crippen molar-refractivity contribution in [2.45, 2.75) is 6.92 Å². The molecule has 0 unspecified atom stereocenters. The van der Waals surface area contributed by atoms with Crippen LogP contribution in [0.2, 0.25) is 0 Å². The van der Waals surface area contributed by atoms with Crippen LogP contribution >= 0.6 is 0 Å². The molecule has 0 saturated heterocycles. The van der Waals surface area contributed by atoms with Gasteiger partial charge in [-0.2, -0.15) is 0 Å². The van der Waals surface area contributed by atoms with Gasteiger partial charge < -0.3 is 18.6 Å². The number of hydrogen-bond acceptors (Lipinski definition) is 6. The van der Waals surface area contributed by atoms with Crippen LogP contribution in [0.1, 0.15) is 15.9 Å². The second-order valence-corrected chi connectivity index (χ2v) is 5.34. The number of rotatable bonds is 4. The summed E-state index contributed by atoms with van der Waals surface area (Å²) in [5.74, 6) is 0.372. The van der Waals surface area contributed by atoms with E-state index in [9.17, 15) is 9.59 Å². The minimum absolute atomic E-state index is 0.229. The van der Waals surface area contributed by atoms with E-state index < -0.39 is 11.6 Å². The minimum atomic E-state index is -0.606. The predicted octanol–water partition coefficient (Wildman–Crippen LogP) is 3.34. The number of fused-ring (bicyclic) bond motifs is 1. The molecule has 0 atom stereocenters. The van der Waals surface area contributed by atoms with Crippen LogP contribution in [0.5, 0.6) is 17.2 Å². The van der Waals surface area contributed by atoms with E-state index in [-0.39, 0.29) is 17.1 Å². The third-order valence-corrected chi connectivity index (χ3v) is 3.76. The number of para-hydroxylation sites is 1. The number of aryl methyl sites for hydroxylation is 1. The van der Waals surface area contributed by atoms with Gasteiger partial charge in [-0.3, -0.25) is 0 Å². The molecule has 3 aromatic rings. The number of ether oxygens (including phenoxy) is 3. The van der Waals surface area contributed by atoms with Gasteiger partial charge >= 0.3 is 11.6 Å². The fraction of sp³-hybridized carbons (Fsp3) is 0.158. The number of carbonyl (C=O) groups is 1. The van der Waals surface area contributed by atoms with Crippen molar-refractivity contribution in [3.05, 3.63) is 64.0 Å². The molecule has 6 heteroatoms. The first-order chi connectivity index (χ1) is 12.0. The van der Waals surface area contributed by atoms with Crippen molar-refractivity contribution in [2.24, 2.45) is 0 Å². The number of carbonyl (C=O) groups excluding carboxylic acids is 1. The molecule has 0 spiro atoms. The molecule has 1 heterocycles. The Kier molecular flexibility index (Phi) is 4.43. The van der Waals surface area contributed by atoms with Gasteiger partial charge in [-0.1, -0.05) is 6.07 Å². The maximum atomic E-state index is 12.5. The molecular weight excluding hydrogens is 324 g/mol. The third-order valence-electron chi connectivity index (χ3n) is 3.76. The zero-order valence-electron chi connectivity index (χ0n) is 14.0. The SMILES string of the molecule is COc1cccc(C(=O)Oc2ccc3c(C)cc(=O)oc3c2)c1OC. The highest BCUT2D eigenvalue weighted by atomic mass is 16.5. The van der Waals surface area contributed by atoms with Gasteiger partial charge in [0.2, 0.25) is 0 Å². The van der Waals surface area contributed by atoms with Gasteiger partial charge in [0.15, 0.2) is 11.5 Å². The normalized spacial score (nSPS) is 10.5. The summed E-state index contributed by atoms with van der Waals surface area (Å²) in [5.41, 5.74) is 0.919. The molecule has 0 fully saturated rings. The Hall–Kier alpha value is -3.28. The summed E-state index contributed by atoms with van der Waals surface area (Å²) in [4.78, 5) is 24.0. The molecular formula is C19H16O6. The van der Waals surface area contributed by atoms with E-state index in [2.05, 4.69) is 0 Å². The summed E-state index contributed by atoms with van der Waals surface area (Å²) in [7, 11) is 2.93. The van der Waals surface area contributed by atoms with E-state index >= 15 is 0 Å². The lowest BCUT2D eigenvalue weighted by atomic mass is 10.1. The van der Waals surface area contributed by atoms with Crippen LogP contribution in [0.25, 0.3) is 11.0 Å². The van der Waals surface area contributed by atoms with Gasteiger partial charge in [0, 0.05) is 17.5 Å². The zero-order chi connectivity index (χ0) is 18.0. The average molecular weight is 340 g/mol. The highest BCUT2D eigenvalue weighted by Gasteiger charge is 2.18. The van der Waals surface area contributed by atoms with Crippen molar-refractivity contribution in [2.75, 3.05) is 14.2 Å². The monoisotopic (exact) mass is 340 g/mol. The molecule has 0 aliphatic rings. The number of benzene rings is 2. The molecule has 1 aromatic heterocycles. The Morgan fingerprint density at radius 1 is 1.04 bits per heavy atom. The van der Waals surface area contributed by atoms with E-state index in [0.717, 1.165) is 10.9 Å². The molecule has 0 radical (unpaired) electrons. The zero-order valence-corrected chi connectivity index (χ0v) is 14.0. The molecule has 0 aliphatic carbocycles. The van der Waals surface area contributed by atoms with E-state index in [1.54, 1.807) is 30.3 Å². The minimum Gasteiger partial charge on any atom is -0.493 e. The predicted molar refractivity (Wildman–Crippen MR) is 91.7 cm³/mol. The van der Waals surface area contributed by atoms with Crippen molar-refractivity contribution >= 4 is 16.9 Å².